The molecule has 1 amide bonds. The first-order valence-corrected chi connectivity index (χ1v) is 8.80. The van der Waals surface area contributed by atoms with Crippen LogP contribution in [0, 0.1) is 6.92 Å². The third-order valence-electron chi connectivity index (χ3n) is 4.59. The molecule has 0 unspecified atom stereocenters. The lowest BCUT2D eigenvalue weighted by Gasteiger charge is -2.16. The van der Waals surface area contributed by atoms with E-state index in [9.17, 15) is 4.79 Å². The van der Waals surface area contributed by atoms with Crippen LogP contribution in [0.2, 0.25) is 0 Å². The van der Waals surface area contributed by atoms with Crippen molar-refractivity contribution in [3.8, 4) is 5.75 Å². The molecule has 1 aromatic carbocycles. The summed E-state index contributed by atoms with van der Waals surface area (Å²) < 4.78 is 5.19. The summed E-state index contributed by atoms with van der Waals surface area (Å²) in [6.07, 6.45) is 5.47. The van der Waals surface area contributed by atoms with E-state index >= 15 is 0 Å². The Balaban J connectivity index is 1.56. The minimum atomic E-state index is 0.0211. The predicted molar refractivity (Wildman–Crippen MR) is 100 cm³/mol. The highest BCUT2D eigenvalue weighted by Gasteiger charge is 2.14. The lowest BCUT2D eigenvalue weighted by molar-refractivity contribution is -0.116. The van der Waals surface area contributed by atoms with Crippen molar-refractivity contribution in [1.29, 1.82) is 0 Å². The minimum Gasteiger partial charge on any atom is -0.497 e. The van der Waals surface area contributed by atoms with Crippen molar-refractivity contribution in [2.45, 2.75) is 32.6 Å². The van der Waals surface area contributed by atoms with E-state index < -0.39 is 0 Å². The number of nitrogens with one attached hydrogen (secondary N) is 1. The van der Waals surface area contributed by atoms with Crippen LogP contribution in [0.1, 0.15) is 30.4 Å². The van der Waals surface area contributed by atoms with Crippen LogP contribution in [0.5, 0.6) is 5.75 Å². The molecule has 5 nitrogen and oxygen atoms in total. The second-order valence-corrected chi connectivity index (χ2v) is 6.45. The Kier molecular flexibility index (Phi) is 5.53. The number of anilines is 2. The lowest BCUT2D eigenvalue weighted by atomic mass is 10.1. The molecule has 0 bridgehead atoms. The molecular weight excluding hydrogens is 314 g/mol. The summed E-state index contributed by atoms with van der Waals surface area (Å²) in [6, 6.07) is 9.75. The van der Waals surface area contributed by atoms with E-state index in [1.54, 1.807) is 7.11 Å². The number of benzene rings is 1. The first-order chi connectivity index (χ1) is 12.2. The van der Waals surface area contributed by atoms with E-state index in [0.717, 1.165) is 41.5 Å². The van der Waals surface area contributed by atoms with Gasteiger partial charge in [0.1, 0.15) is 11.6 Å². The van der Waals surface area contributed by atoms with Gasteiger partial charge in [-0.3, -0.25) is 4.79 Å². The molecule has 1 saturated heterocycles. The maximum atomic E-state index is 12.3. The molecule has 0 radical (unpaired) electrons. The van der Waals surface area contributed by atoms with Crippen LogP contribution in [0.15, 0.2) is 36.5 Å². The van der Waals surface area contributed by atoms with Crippen LogP contribution >= 0.6 is 0 Å². The highest BCUT2D eigenvalue weighted by molar-refractivity contribution is 5.91. The molecule has 3 rings (SSSR count). The van der Waals surface area contributed by atoms with E-state index in [1.165, 1.54) is 12.8 Å². The molecule has 5 heteroatoms. The number of carbonyl (C=O) groups excluding carboxylic acids is 1. The molecule has 2 heterocycles. The van der Waals surface area contributed by atoms with Crippen molar-refractivity contribution in [2.24, 2.45) is 0 Å². The first-order valence-electron chi connectivity index (χ1n) is 8.80. The Morgan fingerprint density at radius 2 is 2.04 bits per heavy atom. The normalized spacial score (nSPS) is 13.8. The molecule has 2 aromatic rings. The van der Waals surface area contributed by atoms with Gasteiger partial charge in [-0.1, -0.05) is 0 Å². The second-order valence-electron chi connectivity index (χ2n) is 6.45. The van der Waals surface area contributed by atoms with Gasteiger partial charge in [-0.05, 0) is 67.6 Å². The molecule has 1 aliphatic heterocycles. The zero-order chi connectivity index (χ0) is 17.6. The average molecular weight is 339 g/mol. The number of nitrogens with zero attached hydrogens (tertiary/aromatic N) is 2. The Bertz CT molecular complexity index is 739. The van der Waals surface area contributed by atoms with Crippen molar-refractivity contribution in [3.05, 3.63) is 47.7 Å². The van der Waals surface area contributed by atoms with E-state index in [0.29, 0.717) is 12.8 Å². The summed E-state index contributed by atoms with van der Waals surface area (Å²) in [4.78, 5) is 19.0. The third kappa shape index (κ3) is 4.50. The molecule has 1 N–H and O–H groups in total. The number of methoxy groups -OCH3 is 1. The highest BCUT2D eigenvalue weighted by atomic mass is 16.5. The quantitative estimate of drug-likeness (QED) is 0.874. The van der Waals surface area contributed by atoms with Crippen LogP contribution in [0.3, 0.4) is 0 Å². The average Bonchev–Trinajstić information content (AvgIpc) is 3.17. The summed E-state index contributed by atoms with van der Waals surface area (Å²) in [5.74, 6) is 1.84. The number of amides is 1. The monoisotopic (exact) mass is 339 g/mol. The summed E-state index contributed by atoms with van der Waals surface area (Å²) in [6.45, 7) is 4.12. The fraction of sp³-hybridized carbons (Fsp3) is 0.400. The Morgan fingerprint density at radius 3 is 2.76 bits per heavy atom. The smallest absolute Gasteiger partial charge is 0.224 e. The van der Waals surface area contributed by atoms with Gasteiger partial charge in [0.25, 0.3) is 0 Å². The molecule has 1 fully saturated rings. The number of aromatic nitrogens is 1. The van der Waals surface area contributed by atoms with Crippen molar-refractivity contribution in [3.63, 3.8) is 0 Å². The van der Waals surface area contributed by atoms with Crippen molar-refractivity contribution < 1.29 is 9.53 Å². The zero-order valence-electron chi connectivity index (χ0n) is 14.9. The number of rotatable bonds is 6. The van der Waals surface area contributed by atoms with Gasteiger partial charge in [-0.25, -0.2) is 4.98 Å². The standard InChI is InChI=1S/C20H25N3O2/c1-15-13-17(25-2)6-7-18(15)22-20(24)8-5-16-9-10-21-19(14-16)23-11-3-4-12-23/h6-7,9-10,13-14H,3-5,8,11-12H2,1-2H3,(H,22,24). The maximum absolute atomic E-state index is 12.3. The van der Waals surface area contributed by atoms with Gasteiger partial charge in [0.05, 0.1) is 7.11 Å². The summed E-state index contributed by atoms with van der Waals surface area (Å²) in [5, 5.41) is 2.98. The molecule has 1 aromatic heterocycles. The van der Waals surface area contributed by atoms with Crippen LogP contribution < -0.4 is 15.0 Å². The number of aryl methyl sites for hydroxylation is 2. The van der Waals surface area contributed by atoms with Gasteiger partial charge in [0, 0.05) is 31.4 Å². The fourth-order valence-corrected chi connectivity index (χ4v) is 3.11. The molecule has 132 valence electrons. The Hall–Kier alpha value is -2.56. The second kappa shape index (κ2) is 8.01. The zero-order valence-corrected chi connectivity index (χ0v) is 14.9. The van der Waals surface area contributed by atoms with E-state index in [1.807, 2.05) is 37.4 Å². The SMILES string of the molecule is COc1ccc(NC(=O)CCc2ccnc(N3CCCC3)c2)c(C)c1. The van der Waals surface area contributed by atoms with Crippen LogP contribution in [0.4, 0.5) is 11.5 Å². The van der Waals surface area contributed by atoms with Gasteiger partial charge >= 0.3 is 0 Å². The van der Waals surface area contributed by atoms with Crippen LogP contribution in [-0.4, -0.2) is 31.1 Å². The van der Waals surface area contributed by atoms with Gasteiger partial charge in [0.15, 0.2) is 0 Å². The molecule has 0 spiro atoms. The number of carbonyl (C=O) groups is 1. The number of hydrogen-bond acceptors (Lipinski definition) is 4. The molecule has 1 aliphatic rings. The largest absolute Gasteiger partial charge is 0.497 e. The number of pyridine rings is 1. The van der Waals surface area contributed by atoms with Gasteiger partial charge < -0.3 is 15.0 Å². The van der Waals surface area contributed by atoms with Crippen molar-refractivity contribution in [1.82, 2.24) is 4.98 Å². The third-order valence-corrected chi connectivity index (χ3v) is 4.59. The number of ether oxygens (including phenoxy) is 1. The molecular formula is C20H25N3O2. The van der Waals surface area contributed by atoms with Crippen LogP contribution in [-0.2, 0) is 11.2 Å². The maximum Gasteiger partial charge on any atom is 0.224 e. The molecule has 0 saturated carbocycles. The van der Waals surface area contributed by atoms with E-state index in [4.69, 9.17) is 4.74 Å². The lowest BCUT2D eigenvalue weighted by Crippen LogP contribution is -2.19. The van der Waals surface area contributed by atoms with Gasteiger partial charge in [0.2, 0.25) is 5.91 Å². The van der Waals surface area contributed by atoms with Crippen LogP contribution in [0.25, 0.3) is 0 Å². The van der Waals surface area contributed by atoms with E-state index in [-0.39, 0.29) is 5.91 Å². The molecule has 25 heavy (non-hydrogen) atoms. The van der Waals surface area contributed by atoms with E-state index in [2.05, 4.69) is 21.3 Å². The highest BCUT2D eigenvalue weighted by Crippen LogP contribution is 2.22. The topological polar surface area (TPSA) is 54.5 Å². The van der Waals surface area contributed by atoms with Gasteiger partial charge in [-0.15, -0.1) is 0 Å². The summed E-state index contributed by atoms with van der Waals surface area (Å²) >= 11 is 0. The van der Waals surface area contributed by atoms with Crippen molar-refractivity contribution >= 4 is 17.4 Å². The fourth-order valence-electron chi connectivity index (χ4n) is 3.11. The van der Waals surface area contributed by atoms with Gasteiger partial charge in [-0.2, -0.15) is 0 Å². The summed E-state index contributed by atoms with van der Waals surface area (Å²) in [5.41, 5.74) is 2.98. The Morgan fingerprint density at radius 1 is 1.24 bits per heavy atom. The first kappa shape index (κ1) is 17.3. The predicted octanol–water partition coefficient (Wildman–Crippen LogP) is 3.57. The summed E-state index contributed by atoms with van der Waals surface area (Å²) in [7, 11) is 1.64. The molecule has 0 aliphatic carbocycles. The molecule has 0 atom stereocenters. The van der Waals surface area contributed by atoms with Crippen molar-refractivity contribution in [2.75, 3.05) is 30.4 Å². The Labute approximate surface area is 149 Å². The minimum absolute atomic E-state index is 0.0211. The number of hydrogen-bond donors (Lipinski definition) is 1.